The molecule has 0 aliphatic heterocycles. The van der Waals surface area contributed by atoms with E-state index < -0.39 is 12.0 Å². The standard InChI is InChI=1S/C22H24ClNO3/c23-19-12-10-17(11-13-19)20(14-21(25)26)24-22(27)18-8-6-16(7-9-18)15-4-2-1-3-5-15/h6-13,15,20H,1-5,14H2,(H,24,27)(H,25,26)/t20-/m0/s1. The molecule has 0 radical (unpaired) electrons. The minimum atomic E-state index is -0.970. The van der Waals surface area contributed by atoms with Crippen molar-refractivity contribution in [3.63, 3.8) is 0 Å². The maximum absolute atomic E-state index is 12.6. The van der Waals surface area contributed by atoms with Gasteiger partial charge in [0.15, 0.2) is 0 Å². The number of hydrogen-bond donors (Lipinski definition) is 2. The van der Waals surface area contributed by atoms with Crippen molar-refractivity contribution in [3.05, 3.63) is 70.2 Å². The molecule has 4 nitrogen and oxygen atoms in total. The summed E-state index contributed by atoms with van der Waals surface area (Å²) in [5, 5.41) is 12.6. The summed E-state index contributed by atoms with van der Waals surface area (Å²) in [7, 11) is 0. The first-order valence-electron chi connectivity index (χ1n) is 9.41. The molecule has 1 aliphatic carbocycles. The summed E-state index contributed by atoms with van der Waals surface area (Å²) in [5.41, 5.74) is 2.54. The zero-order valence-electron chi connectivity index (χ0n) is 15.2. The number of rotatable bonds is 6. The predicted octanol–water partition coefficient (Wildman–Crippen LogP) is 5.33. The molecule has 1 fully saturated rings. The Morgan fingerprint density at radius 3 is 2.22 bits per heavy atom. The van der Waals surface area contributed by atoms with Crippen LogP contribution in [-0.4, -0.2) is 17.0 Å². The lowest BCUT2D eigenvalue weighted by molar-refractivity contribution is -0.137. The monoisotopic (exact) mass is 385 g/mol. The van der Waals surface area contributed by atoms with Gasteiger partial charge >= 0.3 is 5.97 Å². The highest BCUT2D eigenvalue weighted by atomic mass is 35.5. The maximum atomic E-state index is 12.6. The average molecular weight is 386 g/mol. The van der Waals surface area contributed by atoms with Crippen LogP contribution in [0.1, 0.15) is 72.0 Å². The summed E-state index contributed by atoms with van der Waals surface area (Å²) >= 11 is 5.90. The number of halogens is 1. The summed E-state index contributed by atoms with van der Waals surface area (Å²) < 4.78 is 0. The number of hydrogen-bond acceptors (Lipinski definition) is 2. The number of carbonyl (C=O) groups is 2. The van der Waals surface area contributed by atoms with Crippen LogP contribution in [0.15, 0.2) is 48.5 Å². The second-order valence-electron chi connectivity index (χ2n) is 7.13. The molecular formula is C22H24ClNO3. The van der Waals surface area contributed by atoms with Gasteiger partial charge in [0, 0.05) is 10.6 Å². The summed E-state index contributed by atoms with van der Waals surface area (Å²) in [6, 6.07) is 14.0. The van der Waals surface area contributed by atoms with Gasteiger partial charge in [0.05, 0.1) is 12.5 Å². The quantitative estimate of drug-likeness (QED) is 0.705. The molecule has 0 saturated heterocycles. The van der Waals surface area contributed by atoms with Gasteiger partial charge in [-0.3, -0.25) is 9.59 Å². The van der Waals surface area contributed by atoms with Crippen molar-refractivity contribution >= 4 is 23.5 Å². The van der Waals surface area contributed by atoms with Crippen molar-refractivity contribution in [2.75, 3.05) is 0 Å². The molecule has 0 spiro atoms. The molecule has 1 amide bonds. The first kappa shape index (κ1) is 19.4. The molecule has 1 saturated carbocycles. The number of carboxylic acids is 1. The summed E-state index contributed by atoms with van der Waals surface area (Å²) in [4.78, 5) is 23.8. The van der Waals surface area contributed by atoms with Crippen LogP contribution in [0.2, 0.25) is 5.02 Å². The van der Waals surface area contributed by atoms with E-state index in [-0.39, 0.29) is 12.3 Å². The third kappa shape index (κ3) is 5.33. The van der Waals surface area contributed by atoms with Crippen molar-refractivity contribution in [3.8, 4) is 0 Å². The van der Waals surface area contributed by atoms with E-state index in [2.05, 4.69) is 5.32 Å². The van der Waals surface area contributed by atoms with E-state index in [4.69, 9.17) is 11.6 Å². The molecule has 1 aliphatic rings. The Morgan fingerprint density at radius 1 is 1.00 bits per heavy atom. The molecule has 0 unspecified atom stereocenters. The number of nitrogens with one attached hydrogen (secondary N) is 1. The fourth-order valence-corrected chi connectivity index (χ4v) is 3.83. The largest absolute Gasteiger partial charge is 0.481 e. The normalized spacial score (nSPS) is 15.9. The molecule has 2 N–H and O–H groups in total. The molecule has 0 heterocycles. The Morgan fingerprint density at radius 2 is 1.63 bits per heavy atom. The molecule has 142 valence electrons. The van der Waals surface area contributed by atoms with E-state index >= 15 is 0 Å². The summed E-state index contributed by atoms with van der Waals surface area (Å²) in [6.45, 7) is 0. The van der Waals surface area contributed by atoms with Crippen LogP contribution in [0, 0.1) is 0 Å². The lowest BCUT2D eigenvalue weighted by atomic mass is 9.84. The third-order valence-electron chi connectivity index (χ3n) is 5.21. The summed E-state index contributed by atoms with van der Waals surface area (Å²) in [6.07, 6.45) is 6.08. The Kier molecular flexibility index (Phi) is 6.51. The fraction of sp³-hybridized carbons (Fsp3) is 0.364. The fourth-order valence-electron chi connectivity index (χ4n) is 3.71. The van der Waals surface area contributed by atoms with Gasteiger partial charge in [-0.15, -0.1) is 0 Å². The van der Waals surface area contributed by atoms with E-state index in [1.807, 2.05) is 24.3 Å². The highest BCUT2D eigenvalue weighted by Gasteiger charge is 2.20. The number of benzene rings is 2. The molecule has 27 heavy (non-hydrogen) atoms. The SMILES string of the molecule is O=C(O)C[C@H](NC(=O)c1ccc(C2CCCCC2)cc1)c1ccc(Cl)cc1. The molecule has 1 atom stereocenters. The van der Waals surface area contributed by atoms with Gasteiger partial charge in [-0.1, -0.05) is 55.1 Å². The third-order valence-corrected chi connectivity index (χ3v) is 5.46. The average Bonchev–Trinajstić information content (AvgIpc) is 2.68. The van der Waals surface area contributed by atoms with Crippen molar-refractivity contribution in [1.29, 1.82) is 0 Å². The molecule has 2 aromatic rings. The first-order valence-corrected chi connectivity index (χ1v) is 9.79. The lowest BCUT2D eigenvalue weighted by Crippen LogP contribution is -2.30. The maximum Gasteiger partial charge on any atom is 0.305 e. The topological polar surface area (TPSA) is 66.4 Å². The number of carbonyl (C=O) groups excluding carboxylic acids is 1. The Balaban J connectivity index is 1.70. The lowest BCUT2D eigenvalue weighted by Gasteiger charge is -2.22. The Hall–Kier alpha value is -2.33. The minimum Gasteiger partial charge on any atom is -0.481 e. The zero-order chi connectivity index (χ0) is 19.2. The number of amides is 1. The second-order valence-corrected chi connectivity index (χ2v) is 7.57. The van der Waals surface area contributed by atoms with Crippen LogP contribution >= 0.6 is 11.6 Å². The van der Waals surface area contributed by atoms with Crippen molar-refractivity contribution < 1.29 is 14.7 Å². The van der Waals surface area contributed by atoms with Gasteiger partial charge < -0.3 is 10.4 Å². The van der Waals surface area contributed by atoms with Crippen molar-refractivity contribution in [2.24, 2.45) is 0 Å². The molecule has 0 bridgehead atoms. The van der Waals surface area contributed by atoms with Crippen LogP contribution in [-0.2, 0) is 4.79 Å². The molecular weight excluding hydrogens is 362 g/mol. The molecule has 2 aromatic carbocycles. The van der Waals surface area contributed by atoms with E-state index in [9.17, 15) is 14.7 Å². The van der Waals surface area contributed by atoms with Gasteiger partial charge in [0.2, 0.25) is 0 Å². The van der Waals surface area contributed by atoms with Crippen molar-refractivity contribution in [1.82, 2.24) is 5.32 Å². The van der Waals surface area contributed by atoms with Crippen LogP contribution < -0.4 is 5.32 Å². The molecule has 5 heteroatoms. The highest BCUT2D eigenvalue weighted by Crippen LogP contribution is 2.32. The van der Waals surface area contributed by atoms with Gasteiger partial charge in [0.25, 0.3) is 5.91 Å². The van der Waals surface area contributed by atoms with Crippen LogP contribution in [0.4, 0.5) is 0 Å². The van der Waals surface area contributed by atoms with Crippen LogP contribution in [0.3, 0.4) is 0 Å². The van der Waals surface area contributed by atoms with Gasteiger partial charge in [0.1, 0.15) is 0 Å². The highest BCUT2D eigenvalue weighted by molar-refractivity contribution is 6.30. The van der Waals surface area contributed by atoms with Gasteiger partial charge in [-0.05, 0) is 54.2 Å². The summed E-state index contributed by atoms with van der Waals surface area (Å²) in [5.74, 6) is -0.654. The van der Waals surface area contributed by atoms with E-state index in [0.29, 0.717) is 22.1 Å². The van der Waals surface area contributed by atoms with Crippen LogP contribution in [0.25, 0.3) is 0 Å². The molecule has 0 aromatic heterocycles. The van der Waals surface area contributed by atoms with E-state index in [1.165, 1.54) is 37.7 Å². The van der Waals surface area contributed by atoms with E-state index in [1.54, 1.807) is 24.3 Å². The smallest absolute Gasteiger partial charge is 0.305 e. The second kappa shape index (κ2) is 9.05. The molecule has 3 rings (SSSR count). The predicted molar refractivity (Wildman–Crippen MR) is 106 cm³/mol. The van der Waals surface area contributed by atoms with Gasteiger partial charge in [-0.2, -0.15) is 0 Å². The number of carboxylic acid groups (broad SMARTS) is 1. The van der Waals surface area contributed by atoms with Crippen molar-refractivity contribution in [2.45, 2.75) is 50.5 Å². The Bertz CT molecular complexity index is 780. The van der Waals surface area contributed by atoms with Gasteiger partial charge in [-0.25, -0.2) is 0 Å². The Labute approximate surface area is 164 Å². The van der Waals surface area contributed by atoms with E-state index in [0.717, 1.165) is 0 Å². The zero-order valence-corrected chi connectivity index (χ0v) is 15.9. The number of aliphatic carboxylic acids is 1. The van der Waals surface area contributed by atoms with Crippen LogP contribution in [0.5, 0.6) is 0 Å². The minimum absolute atomic E-state index is 0.187. The first-order chi connectivity index (χ1) is 13.0.